The summed E-state index contributed by atoms with van der Waals surface area (Å²) in [5.41, 5.74) is 1.44. The Hall–Kier alpha value is -1.62. The molecule has 1 saturated heterocycles. The standard InChI is InChI=1S/C16H15Cl2N3O/c17-12-3-4-14(18)13(8-12)16(22)21-7-6-20-10-15(21)11-2-1-5-19-9-11/h1-5,8-9,15,20H,6-7,10H2. The molecular formula is C16H15Cl2N3O. The number of piperazine rings is 1. The number of carbonyl (C=O) groups excluding carboxylic acids is 1. The van der Waals surface area contributed by atoms with Crippen LogP contribution < -0.4 is 5.32 Å². The van der Waals surface area contributed by atoms with Gasteiger partial charge in [0.15, 0.2) is 0 Å². The first-order valence-corrected chi connectivity index (χ1v) is 7.79. The molecule has 3 rings (SSSR count). The van der Waals surface area contributed by atoms with Crippen molar-refractivity contribution in [2.75, 3.05) is 19.6 Å². The van der Waals surface area contributed by atoms with E-state index in [9.17, 15) is 4.79 Å². The number of aromatic nitrogens is 1. The van der Waals surface area contributed by atoms with Gasteiger partial charge in [0.25, 0.3) is 5.91 Å². The predicted octanol–water partition coefficient (Wildman–Crippen LogP) is 3.18. The molecule has 1 amide bonds. The third-order valence-corrected chi connectivity index (χ3v) is 4.30. The number of nitrogens with one attached hydrogen (secondary N) is 1. The SMILES string of the molecule is O=C(c1cc(Cl)ccc1Cl)N1CCNCC1c1cccnc1. The maximum atomic E-state index is 12.9. The number of carbonyl (C=O) groups is 1. The largest absolute Gasteiger partial charge is 0.329 e. The minimum absolute atomic E-state index is 0.0648. The zero-order chi connectivity index (χ0) is 15.5. The van der Waals surface area contributed by atoms with Crippen molar-refractivity contribution in [3.8, 4) is 0 Å². The van der Waals surface area contributed by atoms with E-state index in [-0.39, 0.29) is 11.9 Å². The molecule has 6 heteroatoms. The number of benzene rings is 1. The highest BCUT2D eigenvalue weighted by Gasteiger charge is 2.29. The molecule has 0 aliphatic carbocycles. The van der Waals surface area contributed by atoms with Crippen molar-refractivity contribution in [2.24, 2.45) is 0 Å². The molecule has 1 aliphatic rings. The van der Waals surface area contributed by atoms with Crippen LogP contribution in [0.25, 0.3) is 0 Å². The van der Waals surface area contributed by atoms with Gasteiger partial charge in [0.05, 0.1) is 16.6 Å². The van der Waals surface area contributed by atoms with Crippen LogP contribution in [-0.2, 0) is 0 Å². The lowest BCUT2D eigenvalue weighted by molar-refractivity contribution is 0.0634. The summed E-state index contributed by atoms with van der Waals surface area (Å²) in [4.78, 5) is 18.9. The van der Waals surface area contributed by atoms with Crippen LogP contribution in [0.4, 0.5) is 0 Å². The van der Waals surface area contributed by atoms with Gasteiger partial charge in [-0.3, -0.25) is 9.78 Å². The number of nitrogens with zero attached hydrogens (tertiary/aromatic N) is 2. The molecule has 2 aromatic rings. The fourth-order valence-corrected chi connectivity index (χ4v) is 3.00. The van der Waals surface area contributed by atoms with Crippen LogP contribution in [0, 0.1) is 0 Å². The van der Waals surface area contributed by atoms with Gasteiger partial charge in [-0.1, -0.05) is 29.3 Å². The Labute approximate surface area is 139 Å². The van der Waals surface area contributed by atoms with Gasteiger partial charge in [-0.05, 0) is 29.8 Å². The zero-order valence-electron chi connectivity index (χ0n) is 11.8. The molecule has 1 aromatic carbocycles. The normalized spacial score (nSPS) is 18.3. The van der Waals surface area contributed by atoms with Crippen molar-refractivity contribution in [1.29, 1.82) is 0 Å². The molecule has 4 nitrogen and oxygen atoms in total. The van der Waals surface area contributed by atoms with Crippen molar-refractivity contribution in [3.05, 3.63) is 63.9 Å². The van der Waals surface area contributed by atoms with Gasteiger partial charge in [0.1, 0.15) is 0 Å². The van der Waals surface area contributed by atoms with Crippen molar-refractivity contribution >= 4 is 29.1 Å². The van der Waals surface area contributed by atoms with E-state index in [1.165, 1.54) is 0 Å². The molecule has 1 fully saturated rings. The number of hydrogen-bond donors (Lipinski definition) is 1. The highest BCUT2D eigenvalue weighted by atomic mass is 35.5. The van der Waals surface area contributed by atoms with Gasteiger partial charge >= 0.3 is 0 Å². The van der Waals surface area contributed by atoms with Crippen LogP contribution in [-0.4, -0.2) is 35.4 Å². The molecule has 1 unspecified atom stereocenters. The van der Waals surface area contributed by atoms with Crippen molar-refractivity contribution in [2.45, 2.75) is 6.04 Å². The van der Waals surface area contributed by atoms with Gasteiger partial charge in [-0.15, -0.1) is 0 Å². The average Bonchev–Trinajstić information content (AvgIpc) is 2.57. The number of amides is 1. The number of hydrogen-bond acceptors (Lipinski definition) is 3. The molecule has 2 heterocycles. The fourth-order valence-electron chi connectivity index (χ4n) is 2.63. The summed E-state index contributed by atoms with van der Waals surface area (Å²) < 4.78 is 0. The lowest BCUT2D eigenvalue weighted by Gasteiger charge is -2.36. The Kier molecular flexibility index (Phi) is 4.62. The lowest BCUT2D eigenvalue weighted by Crippen LogP contribution is -2.48. The molecule has 1 aromatic heterocycles. The number of rotatable bonds is 2. The molecular weight excluding hydrogens is 321 g/mol. The molecule has 1 aliphatic heterocycles. The van der Waals surface area contributed by atoms with E-state index in [1.54, 1.807) is 30.6 Å². The summed E-state index contributed by atoms with van der Waals surface area (Å²) in [6.07, 6.45) is 3.51. The van der Waals surface area contributed by atoms with Crippen molar-refractivity contribution in [3.63, 3.8) is 0 Å². The van der Waals surface area contributed by atoms with Crippen LogP contribution in [0.15, 0.2) is 42.7 Å². The fraction of sp³-hybridized carbons (Fsp3) is 0.250. The summed E-state index contributed by atoms with van der Waals surface area (Å²) in [7, 11) is 0. The highest BCUT2D eigenvalue weighted by molar-refractivity contribution is 6.35. The Morgan fingerprint density at radius 3 is 2.95 bits per heavy atom. The summed E-state index contributed by atoms with van der Waals surface area (Å²) in [6, 6.07) is 8.73. The van der Waals surface area contributed by atoms with Gasteiger partial charge in [0, 0.05) is 37.1 Å². The van der Waals surface area contributed by atoms with Crippen molar-refractivity contribution < 1.29 is 4.79 Å². The van der Waals surface area contributed by atoms with Crippen LogP contribution in [0.3, 0.4) is 0 Å². The molecule has 0 bridgehead atoms. The number of pyridine rings is 1. The lowest BCUT2D eigenvalue weighted by atomic mass is 10.0. The summed E-state index contributed by atoms with van der Waals surface area (Å²) in [5.74, 6) is -0.108. The first-order valence-electron chi connectivity index (χ1n) is 7.03. The van der Waals surface area contributed by atoms with Crippen LogP contribution in [0.1, 0.15) is 22.0 Å². The second-order valence-corrected chi connectivity index (χ2v) is 5.97. The maximum absolute atomic E-state index is 12.9. The maximum Gasteiger partial charge on any atom is 0.256 e. The topological polar surface area (TPSA) is 45.2 Å². The van der Waals surface area contributed by atoms with Gasteiger partial charge in [-0.25, -0.2) is 0 Å². The smallest absolute Gasteiger partial charge is 0.256 e. The molecule has 0 saturated carbocycles. The monoisotopic (exact) mass is 335 g/mol. The Morgan fingerprint density at radius 1 is 1.32 bits per heavy atom. The van der Waals surface area contributed by atoms with E-state index in [4.69, 9.17) is 23.2 Å². The van der Waals surface area contributed by atoms with E-state index in [2.05, 4.69) is 10.3 Å². The summed E-state index contributed by atoms with van der Waals surface area (Å²) >= 11 is 12.2. The van der Waals surface area contributed by atoms with E-state index < -0.39 is 0 Å². The average molecular weight is 336 g/mol. The quantitative estimate of drug-likeness (QED) is 0.916. The molecule has 0 radical (unpaired) electrons. The summed E-state index contributed by atoms with van der Waals surface area (Å²) in [5, 5.41) is 4.23. The third kappa shape index (κ3) is 3.09. The molecule has 22 heavy (non-hydrogen) atoms. The Balaban J connectivity index is 1.93. The molecule has 114 valence electrons. The summed E-state index contributed by atoms with van der Waals surface area (Å²) in [6.45, 7) is 2.05. The highest BCUT2D eigenvalue weighted by Crippen LogP contribution is 2.27. The molecule has 1 atom stereocenters. The zero-order valence-corrected chi connectivity index (χ0v) is 13.3. The Bertz CT molecular complexity index is 678. The molecule has 0 spiro atoms. The first-order chi connectivity index (χ1) is 10.7. The van der Waals surface area contributed by atoms with Crippen molar-refractivity contribution in [1.82, 2.24) is 15.2 Å². The molecule has 1 N–H and O–H groups in total. The van der Waals surface area contributed by atoms with Crippen LogP contribution in [0.5, 0.6) is 0 Å². The van der Waals surface area contributed by atoms with E-state index in [0.717, 1.165) is 12.1 Å². The second kappa shape index (κ2) is 6.65. The third-order valence-electron chi connectivity index (χ3n) is 3.73. The van der Waals surface area contributed by atoms with E-state index in [0.29, 0.717) is 28.7 Å². The van der Waals surface area contributed by atoms with E-state index >= 15 is 0 Å². The minimum atomic E-state index is -0.108. The van der Waals surface area contributed by atoms with Crippen LogP contribution >= 0.6 is 23.2 Å². The van der Waals surface area contributed by atoms with E-state index in [1.807, 2.05) is 17.0 Å². The minimum Gasteiger partial charge on any atom is -0.329 e. The van der Waals surface area contributed by atoms with Gasteiger partial charge < -0.3 is 10.2 Å². The number of halogens is 2. The van der Waals surface area contributed by atoms with Gasteiger partial charge in [-0.2, -0.15) is 0 Å². The Morgan fingerprint density at radius 2 is 2.18 bits per heavy atom. The van der Waals surface area contributed by atoms with Crippen LogP contribution in [0.2, 0.25) is 10.0 Å². The predicted molar refractivity (Wildman–Crippen MR) is 87.3 cm³/mol. The second-order valence-electron chi connectivity index (χ2n) is 5.13. The first kappa shape index (κ1) is 15.3. The van der Waals surface area contributed by atoms with Gasteiger partial charge in [0.2, 0.25) is 0 Å².